The maximum Gasteiger partial charge on any atom is 0.271 e. The lowest BCUT2D eigenvalue weighted by atomic mass is 9.90. The average Bonchev–Trinajstić information content (AvgIpc) is 2.98. The van der Waals surface area contributed by atoms with E-state index in [2.05, 4.69) is 15.8 Å². The van der Waals surface area contributed by atoms with Gasteiger partial charge in [0, 0.05) is 16.8 Å². The van der Waals surface area contributed by atoms with E-state index in [1.165, 1.54) is 27.5 Å². The molecule has 4 aromatic carbocycles. The van der Waals surface area contributed by atoms with E-state index in [4.69, 9.17) is 14.2 Å². The van der Waals surface area contributed by atoms with E-state index in [9.17, 15) is 9.59 Å². The zero-order valence-corrected chi connectivity index (χ0v) is 21.9. The summed E-state index contributed by atoms with van der Waals surface area (Å²) in [6.07, 6.45) is 1.48. The lowest BCUT2D eigenvalue weighted by Crippen LogP contribution is -2.22. The third-order valence-electron chi connectivity index (χ3n) is 6.01. The van der Waals surface area contributed by atoms with Gasteiger partial charge >= 0.3 is 0 Å². The summed E-state index contributed by atoms with van der Waals surface area (Å²) in [7, 11) is 4.57. The molecule has 0 aliphatic heterocycles. The van der Waals surface area contributed by atoms with Gasteiger partial charge in [0.05, 0.1) is 33.5 Å². The van der Waals surface area contributed by atoms with Crippen LogP contribution < -0.4 is 25.0 Å². The molecule has 0 unspecified atom stereocenters. The van der Waals surface area contributed by atoms with Crippen LogP contribution in [0.1, 0.15) is 33.0 Å². The third kappa shape index (κ3) is 6.61. The minimum absolute atomic E-state index is 0.167. The number of anilines is 1. The second kappa shape index (κ2) is 12.9. The van der Waals surface area contributed by atoms with E-state index in [1.807, 2.05) is 60.7 Å². The first kappa shape index (κ1) is 26.9. The van der Waals surface area contributed by atoms with Gasteiger partial charge in [-0.15, -0.1) is 0 Å². The normalized spacial score (nSPS) is 10.8. The summed E-state index contributed by atoms with van der Waals surface area (Å²) in [4.78, 5) is 25.9. The van der Waals surface area contributed by atoms with E-state index in [0.717, 1.165) is 11.1 Å². The van der Waals surface area contributed by atoms with Crippen LogP contribution in [0.15, 0.2) is 102 Å². The molecule has 198 valence electrons. The minimum Gasteiger partial charge on any atom is -0.493 e. The highest BCUT2D eigenvalue weighted by molar-refractivity contribution is 5.99. The molecule has 4 aromatic rings. The highest BCUT2D eigenvalue weighted by Crippen LogP contribution is 2.37. The van der Waals surface area contributed by atoms with E-state index in [1.54, 1.807) is 36.4 Å². The summed E-state index contributed by atoms with van der Waals surface area (Å²) >= 11 is 0. The number of nitrogens with zero attached hydrogens (tertiary/aromatic N) is 1. The predicted molar refractivity (Wildman–Crippen MR) is 151 cm³/mol. The lowest BCUT2D eigenvalue weighted by molar-refractivity contribution is -0.116. The molecule has 0 spiro atoms. The molecule has 0 radical (unpaired) electrons. The van der Waals surface area contributed by atoms with Crippen LogP contribution in [0.25, 0.3) is 0 Å². The summed E-state index contributed by atoms with van der Waals surface area (Å²) in [5.41, 5.74) is 5.90. The van der Waals surface area contributed by atoms with Crippen LogP contribution in [0, 0.1) is 0 Å². The number of hydrazone groups is 1. The van der Waals surface area contributed by atoms with E-state index >= 15 is 0 Å². The second-order valence-corrected chi connectivity index (χ2v) is 8.48. The average molecular weight is 524 g/mol. The third-order valence-corrected chi connectivity index (χ3v) is 6.01. The van der Waals surface area contributed by atoms with Crippen LogP contribution in [-0.2, 0) is 4.79 Å². The topological polar surface area (TPSA) is 98.2 Å². The van der Waals surface area contributed by atoms with Crippen molar-refractivity contribution in [3.05, 3.63) is 119 Å². The standard InChI is InChI=1S/C31H29N3O5/c1-37-26-18-21(19-27(38-2)29(26)39-3)20-32-34-30(35)24-14-16-25(17-15-24)33-31(36)28(22-10-6-4-7-11-22)23-12-8-5-9-13-23/h4-20,28H,1-3H3,(H,33,36)(H,34,35)/b32-20-. The van der Waals surface area contributed by atoms with Crippen molar-refractivity contribution in [2.75, 3.05) is 26.6 Å². The van der Waals surface area contributed by atoms with E-state index in [-0.39, 0.29) is 5.91 Å². The molecule has 0 atom stereocenters. The van der Waals surface area contributed by atoms with Crippen molar-refractivity contribution >= 4 is 23.7 Å². The molecule has 0 aromatic heterocycles. The molecule has 2 N–H and O–H groups in total. The Morgan fingerprint density at radius 3 is 1.77 bits per heavy atom. The Kier molecular flexibility index (Phi) is 8.92. The number of carbonyl (C=O) groups is 2. The smallest absolute Gasteiger partial charge is 0.271 e. The molecule has 0 saturated heterocycles. The summed E-state index contributed by atoms with van der Waals surface area (Å²) in [5.74, 6) is 0.378. The Morgan fingerprint density at radius 1 is 0.744 bits per heavy atom. The predicted octanol–water partition coefficient (Wildman–Crippen LogP) is 5.25. The number of benzene rings is 4. The molecule has 8 nitrogen and oxygen atoms in total. The van der Waals surface area contributed by atoms with Crippen molar-refractivity contribution in [2.45, 2.75) is 5.92 Å². The first-order valence-corrected chi connectivity index (χ1v) is 12.2. The van der Waals surface area contributed by atoms with Crippen LogP contribution in [0.4, 0.5) is 5.69 Å². The van der Waals surface area contributed by atoms with Gasteiger partial charge in [0.2, 0.25) is 11.7 Å². The molecular formula is C31H29N3O5. The highest BCUT2D eigenvalue weighted by atomic mass is 16.5. The molecule has 0 aliphatic carbocycles. The van der Waals surface area contributed by atoms with Crippen molar-refractivity contribution in [1.29, 1.82) is 0 Å². The van der Waals surface area contributed by atoms with Gasteiger partial charge < -0.3 is 19.5 Å². The van der Waals surface area contributed by atoms with Crippen molar-refractivity contribution < 1.29 is 23.8 Å². The van der Waals surface area contributed by atoms with Gasteiger partial charge in [0.1, 0.15) is 0 Å². The van der Waals surface area contributed by atoms with E-state index in [0.29, 0.717) is 34.1 Å². The number of nitrogens with one attached hydrogen (secondary N) is 2. The Bertz CT molecular complexity index is 1370. The highest BCUT2D eigenvalue weighted by Gasteiger charge is 2.22. The van der Waals surface area contributed by atoms with Crippen LogP contribution in [0.5, 0.6) is 17.2 Å². The zero-order valence-electron chi connectivity index (χ0n) is 21.9. The molecule has 0 fully saturated rings. The Hall–Kier alpha value is -5.11. The van der Waals surface area contributed by atoms with Gasteiger partial charge in [-0.2, -0.15) is 5.10 Å². The summed E-state index contributed by atoms with van der Waals surface area (Å²) < 4.78 is 16.0. The number of methoxy groups -OCH3 is 3. The molecule has 39 heavy (non-hydrogen) atoms. The first-order valence-electron chi connectivity index (χ1n) is 12.2. The van der Waals surface area contributed by atoms with Gasteiger partial charge in [-0.1, -0.05) is 60.7 Å². The zero-order chi connectivity index (χ0) is 27.6. The maximum absolute atomic E-state index is 13.3. The fourth-order valence-electron chi connectivity index (χ4n) is 4.11. The Morgan fingerprint density at radius 2 is 1.28 bits per heavy atom. The summed E-state index contributed by atoms with van der Waals surface area (Å²) in [6.45, 7) is 0. The van der Waals surface area contributed by atoms with Crippen molar-refractivity contribution in [2.24, 2.45) is 5.10 Å². The number of hydrogen-bond donors (Lipinski definition) is 2. The fourth-order valence-corrected chi connectivity index (χ4v) is 4.11. The maximum atomic E-state index is 13.3. The molecule has 4 rings (SSSR count). The van der Waals surface area contributed by atoms with Gasteiger partial charge in [-0.05, 0) is 47.5 Å². The summed E-state index contributed by atoms with van der Waals surface area (Å²) in [5, 5.41) is 7.01. The van der Waals surface area contributed by atoms with Gasteiger partial charge in [-0.25, -0.2) is 5.43 Å². The molecule has 0 aliphatic rings. The number of amides is 2. The van der Waals surface area contributed by atoms with Gasteiger partial charge in [0.25, 0.3) is 5.91 Å². The molecular weight excluding hydrogens is 494 g/mol. The molecule has 0 heterocycles. The SMILES string of the molecule is COc1cc(/C=N\NC(=O)c2ccc(NC(=O)C(c3ccccc3)c3ccccc3)cc2)cc(OC)c1OC. The number of ether oxygens (including phenoxy) is 3. The molecule has 0 saturated carbocycles. The Balaban J connectivity index is 1.42. The lowest BCUT2D eigenvalue weighted by Gasteiger charge is -2.18. The number of hydrogen-bond acceptors (Lipinski definition) is 6. The largest absolute Gasteiger partial charge is 0.493 e. The number of carbonyl (C=O) groups excluding carboxylic acids is 2. The fraction of sp³-hybridized carbons (Fsp3) is 0.129. The second-order valence-electron chi connectivity index (χ2n) is 8.48. The molecule has 2 amide bonds. The van der Waals surface area contributed by atoms with Crippen LogP contribution in [-0.4, -0.2) is 39.4 Å². The summed E-state index contributed by atoms with van der Waals surface area (Å²) in [6, 6.07) is 29.3. The van der Waals surface area contributed by atoms with Crippen LogP contribution >= 0.6 is 0 Å². The van der Waals surface area contributed by atoms with Gasteiger partial charge in [0.15, 0.2) is 11.5 Å². The van der Waals surface area contributed by atoms with E-state index < -0.39 is 11.8 Å². The van der Waals surface area contributed by atoms with Crippen molar-refractivity contribution in [1.82, 2.24) is 5.43 Å². The Labute approximate surface area is 227 Å². The van der Waals surface area contributed by atoms with Gasteiger partial charge in [-0.3, -0.25) is 9.59 Å². The minimum atomic E-state index is -0.472. The first-order chi connectivity index (χ1) is 19.0. The van der Waals surface area contributed by atoms with Crippen LogP contribution in [0.3, 0.4) is 0 Å². The monoisotopic (exact) mass is 523 g/mol. The molecule has 8 heteroatoms. The molecule has 0 bridgehead atoms. The quantitative estimate of drug-likeness (QED) is 0.219. The van der Waals surface area contributed by atoms with Crippen molar-refractivity contribution in [3.8, 4) is 17.2 Å². The van der Waals surface area contributed by atoms with Crippen molar-refractivity contribution in [3.63, 3.8) is 0 Å². The number of rotatable bonds is 10. The van der Waals surface area contributed by atoms with Crippen LogP contribution in [0.2, 0.25) is 0 Å².